The highest BCUT2D eigenvalue weighted by Crippen LogP contribution is 2.29. The third kappa shape index (κ3) is 5.70. The van der Waals surface area contributed by atoms with Crippen LogP contribution in [-0.2, 0) is 38.1 Å². The molecule has 0 N–H and O–H groups in total. The minimum atomic E-state index is -0.872. The molecule has 2 aliphatic rings. The molecule has 2 heterocycles. The van der Waals surface area contributed by atoms with Crippen LogP contribution in [0.2, 0.25) is 0 Å². The van der Waals surface area contributed by atoms with Crippen LogP contribution in [0.3, 0.4) is 0 Å². The largest absolute Gasteiger partial charge is 0.463 e. The molecule has 0 aromatic heterocycles. The minimum absolute atomic E-state index is 0.126. The van der Waals surface area contributed by atoms with Crippen LogP contribution in [0, 0.1) is 0 Å². The predicted molar refractivity (Wildman–Crippen MR) is 87.4 cm³/mol. The third-order valence-electron chi connectivity index (χ3n) is 3.90. The van der Waals surface area contributed by atoms with E-state index in [-0.39, 0.29) is 13.0 Å². The van der Waals surface area contributed by atoms with E-state index in [0.717, 1.165) is 5.57 Å². The van der Waals surface area contributed by atoms with Gasteiger partial charge in [-0.05, 0) is 12.5 Å². The summed E-state index contributed by atoms with van der Waals surface area (Å²) < 4.78 is 27.2. The molecule has 26 heavy (non-hydrogen) atoms. The maximum absolute atomic E-state index is 11.5. The zero-order valence-electron chi connectivity index (χ0n) is 15.4. The molecule has 0 saturated carbocycles. The summed E-state index contributed by atoms with van der Waals surface area (Å²) in [6.45, 7) is 6.45. The van der Waals surface area contributed by atoms with Gasteiger partial charge in [0.25, 0.3) is 0 Å². The zero-order valence-corrected chi connectivity index (χ0v) is 15.4. The fourth-order valence-electron chi connectivity index (χ4n) is 2.96. The van der Waals surface area contributed by atoms with Gasteiger partial charge < -0.3 is 28.6 Å². The number of ether oxygens (including phenoxy) is 5. The van der Waals surface area contributed by atoms with E-state index in [1.54, 1.807) is 0 Å². The monoisotopic (exact) mass is 371 g/mol. The van der Waals surface area contributed by atoms with E-state index in [4.69, 9.17) is 23.7 Å². The van der Waals surface area contributed by atoms with Gasteiger partial charge in [-0.2, -0.15) is 0 Å². The van der Waals surface area contributed by atoms with Crippen LogP contribution in [0.4, 0.5) is 0 Å². The Morgan fingerprint density at radius 1 is 1.15 bits per heavy atom. The van der Waals surface area contributed by atoms with E-state index in [0.29, 0.717) is 13.3 Å². The highest BCUT2D eigenvalue weighted by Gasteiger charge is 2.45. The summed E-state index contributed by atoms with van der Waals surface area (Å²) in [5.74, 6) is -1.53. The number of esters is 3. The van der Waals surface area contributed by atoms with E-state index in [1.165, 1.54) is 20.8 Å². The van der Waals surface area contributed by atoms with Gasteiger partial charge in [0, 0.05) is 33.4 Å². The van der Waals surface area contributed by atoms with Crippen LogP contribution in [0.1, 0.15) is 34.1 Å². The number of hydrogen-bond donors (Lipinski definition) is 0. The van der Waals surface area contributed by atoms with Crippen LogP contribution in [0.15, 0.2) is 11.8 Å². The number of carbonyl (C=O) groups excluding carboxylic acids is 3. The SMILES string of the molecule is CC(=O)OCC1O[C@@H](N2C=C(C)COC2)CC(OC(C)=O)[C@H]1OC(C)=O. The molecule has 0 radical (unpaired) electrons. The summed E-state index contributed by atoms with van der Waals surface area (Å²) in [6, 6.07) is 0. The van der Waals surface area contributed by atoms with Crippen molar-refractivity contribution in [3.63, 3.8) is 0 Å². The van der Waals surface area contributed by atoms with Gasteiger partial charge in [0.15, 0.2) is 6.10 Å². The Kier molecular flexibility index (Phi) is 6.98. The molecule has 0 aromatic carbocycles. The van der Waals surface area contributed by atoms with Crippen molar-refractivity contribution in [3.05, 3.63) is 11.8 Å². The Labute approximate surface area is 152 Å². The molecule has 146 valence electrons. The molecule has 0 aliphatic carbocycles. The van der Waals surface area contributed by atoms with E-state index in [2.05, 4.69) is 0 Å². The van der Waals surface area contributed by atoms with Crippen molar-refractivity contribution < 1.29 is 38.1 Å². The fourth-order valence-corrected chi connectivity index (χ4v) is 2.96. The Balaban J connectivity index is 2.22. The molecule has 1 fully saturated rings. The van der Waals surface area contributed by atoms with Crippen LogP contribution in [0.25, 0.3) is 0 Å². The normalized spacial score (nSPS) is 28.8. The molecule has 0 bridgehead atoms. The Bertz CT molecular complexity index is 575. The van der Waals surface area contributed by atoms with Crippen LogP contribution >= 0.6 is 0 Å². The standard InChI is InChI=1S/C17H25NO8/c1-10-6-18(9-22-7-10)16-5-14(24-12(3)20)17(25-13(4)21)15(26-16)8-23-11(2)19/h6,14-17H,5,7-9H2,1-4H3/t14?,15?,16-,17-/m1/s1. The first-order valence-electron chi connectivity index (χ1n) is 8.40. The molecule has 2 unspecified atom stereocenters. The topological polar surface area (TPSA) is 101 Å². The lowest BCUT2D eigenvalue weighted by molar-refractivity contribution is -0.239. The maximum Gasteiger partial charge on any atom is 0.303 e. The number of carbonyl (C=O) groups is 3. The van der Waals surface area contributed by atoms with Crippen molar-refractivity contribution in [2.75, 3.05) is 19.9 Å². The van der Waals surface area contributed by atoms with Crippen molar-refractivity contribution in [1.82, 2.24) is 4.90 Å². The van der Waals surface area contributed by atoms with Gasteiger partial charge in [-0.1, -0.05) is 0 Å². The van der Waals surface area contributed by atoms with Gasteiger partial charge >= 0.3 is 17.9 Å². The Morgan fingerprint density at radius 2 is 1.85 bits per heavy atom. The second-order valence-electron chi connectivity index (χ2n) is 6.36. The molecule has 4 atom stereocenters. The van der Waals surface area contributed by atoms with E-state index in [9.17, 15) is 14.4 Å². The van der Waals surface area contributed by atoms with E-state index >= 15 is 0 Å². The molecule has 9 heteroatoms. The van der Waals surface area contributed by atoms with Gasteiger partial charge in [-0.3, -0.25) is 14.4 Å². The van der Waals surface area contributed by atoms with Crippen LogP contribution in [0.5, 0.6) is 0 Å². The first-order chi connectivity index (χ1) is 12.3. The molecule has 9 nitrogen and oxygen atoms in total. The van der Waals surface area contributed by atoms with E-state index in [1.807, 2.05) is 18.0 Å². The van der Waals surface area contributed by atoms with Crippen molar-refractivity contribution in [2.45, 2.75) is 58.7 Å². The first kappa shape index (κ1) is 20.2. The molecule has 2 aliphatic heterocycles. The summed E-state index contributed by atoms with van der Waals surface area (Å²) in [4.78, 5) is 36.0. The average molecular weight is 371 g/mol. The number of hydrogen-bond acceptors (Lipinski definition) is 9. The second kappa shape index (κ2) is 9.00. The van der Waals surface area contributed by atoms with Gasteiger partial charge in [-0.25, -0.2) is 0 Å². The van der Waals surface area contributed by atoms with Gasteiger partial charge in [-0.15, -0.1) is 0 Å². The highest BCUT2D eigenvalue weighted by atomic mass is 16.6. The molecule has 0 aromatic rings. The summed E-state index contributed by atoms with van der Waals surface area (Å²) >= 11 is 0. The third-order valence-corrected chi connectivity index (χ3v) is 3.90. The fraction of sp³-hybridized carbons (Fsp3) is 0.706. The molecule has 0 spiro atoms. The summed E-state index contributed by atoms with van der Waals surface area (Å²) in [5.41, 5.74) is 1.02. The lowest BCUT2D eigenvalue weighted by atomic mass is 9.99. The smallest absolute Gasteiger partial charge is 0.303 e. The first-order valence-corrected chi connectivity index (χ1v) is 8.40. The van der Waals surface area contributed by atoms with Crippen molar-refractivity contribution in [3.8, 4) is 0 Å². The lowest BCUT2D eigenvalue weighted by Gasteiger charge is -2.44. The highest BCUT2D eigenvalue weighted by molar-refractivity contribution is 5.67. The molecule has 1 saturated heterocycles. The Morgan fingerprint density at radius 3 is 2.42 bits per heavy atom. The quantitative estimate of drug-likeness (QED) is 0.511. The molecular formula is C17H25NO8. The van der Waals surface area contributed by atoms with Crippen LogP contribution < -0.4 is 0 Å². The average Bonchev–Trinajstić information content (AvgIpc) is 2.54. The lowest BCUT2D eigenvalue weighted by Crippen LogP contribution is -2.57. The Hall–Kier alpha value is -2.13. The van der Waals surface area contributed by atoms with Crippen LogP contribution in [-0.4, -0.2) is 67.3 Å². The van der Waals surface area contributed by atoms with E-state index < -0.39 is 42.4 Å². The molecule has 0 amide bonds. The van der Waals surface area contributed by atoms with Crippen molar-refractivity contribution in [2.24, 2.45) is 0 Å². The summed E-state index contributed by atoms with van der Waals surface area (Å²) in [5, 5.41) is 0. The second-order valence-corrected chi connectivity index (χ2v) is 6.36. The van der Waals surface area contributed by atoms with Gasteiger partial charge in [0.1, 0.15) is 31.8 Å². The predicted octanol–water partition coefficient (Wildman–Crippen LogP) is 0.721. The number of nitrogens with zero attached hydrogens (tertiary/aromatic N) is 1. The summed E-state index contributed by atoms with van der Waals surface area (Å²) in [6.07, 6.45) is -0.674. The molecular weight excluding hydrogens is 346 g/mol. The van der Waals surface area contributed by atoms with Gasteiger partial charge in [0.05, 0.1) is 6.61 Å². The van der Waals surface area contributed by atoms with Crippen molar-refractivity contribution >= 4 is 17.9 Å². The van der Waals surface area contributed by atoms with Crippen molar-refractivity contribution in [1.29, 1.82) is 0 Å². The number of rotatable bonds is 5. The summed E-state index contributed by atoms with van der Waals surface area (Å²) in [7, 11) is 0. The minimum Gasteiger partial charge on any atom is -0.463 e. The zero-order chi connectivity index (χ0) is 19.3. The molecule has 2 rings (SSSR count). The maximum atomic E-state index is 11.5. The van der Waals surface area contributed by atoms with Gasteiger partial charge in [0.2, 0.25) is 0 Å².